The molecule has 0 aliphatic rings. The predicted octanol–water partition coefficient (Wildman–Crippen LogP) is 2.79. The van der Waals surface area contributed by atoms with Crippen LogP contribution in [-0.2, 0) is 0 Å². The maximum Gasteiger partial charge on any atom is 0.357 e. The van der Waals surface area contributed by atoms with Crippen LogP contribution in [0.1, 0.15) is 0 Å². The van der Waals surface area contributed by atoms with E-state index in [0.717, 1.165) is 10.9 Å². The van der Waals surface area contributed by atoms with E-state index in [2.05, 4.69) is 15.7 Å². The Morgan fingerprint density at radius 2 is 1.75 bits per heavy atom. The van der Waals surface area contributed by atoms with E-state index in [0.29, 0.717) is 5.69 Å². The van der Waals surface area contributed by atoms with Gasteiger partial charge in [-0.3, -0.25) is 0 Å². The van der Waals surface area contributed by atoms with Crippen molar-refractivity contribution in [1.82, 2.24) is 5.16 Å². The zero-order chi connectivity index (χ0) is 11.0. The van der Waals surface area contributed by atoms with E-state index in [4.69, 9.17) is 0 Å². The van der Waals surface area contributed by atoms with E-state index in [9.17, 15) is 4.79 Å². The minimum absolute atomic E-state index is 0.358. The van der Waals surface area contributed by atoms with Crippen molar-refractivity contribution in [3.63, 3.8) is 0 Å². The van der Waals surface area contributed by atoms with Crippen molar-refractivity contribution < 1.29 is 4.52 Å². The number of aromatic nitrogens is 1. The Morgan fingerprint density at radius 1 is 0.938 bits per heavy atom. The number of rotatable bonds is 1. The summed E-state index contributed by atoms with van der Waals surface area (Å²) in [6, 6.07) is 15.5. The zero-order valence-electron chi connectivity index (χ0n) is 8.44. The molecule has 0 unspecified atom stereocenters. The van der Waals surface area contributed by atoms with Crippen LogP contribution in [0.2, 0.25) is 0 Å². The molecule has 0 fully saturated rings. The number of fused-ring (bicyclic) bond motifs is 1. The Bertz CT molecular complexity index is 694. The molecule has 1 N–H and O–H groups in total. The SMILES string of the molecule is O=c1cc(-c2ccc3ccccc3c2)[nH]o1. The first-order valence-electron chi connectivity index (χ1n) is 5.01. The predicted molar refractivity (Wildman–Crippen MR) is 62.3 cm³/mol. The maximum absolute atomic E-state index is 10.9. The van der Waals surface area contributed by atoms with Crippen LogP contribution in [0, 0.1) is 0 Å². The molecule has 0 aliphatic heterocycles. The number of H-pyrrole nitrogens is 1. The highest BCUT2D eigenvalue weighted by Gasteiger charge is 2.02. The first-order valence-corrected chi connectivity index (χ1v) is 5.01. The highest BCUT2D eigenvalue weighted by molar-refractivity contribution is 5.86. The Balaban J connectivity index is 2.22. The van der Waals surface area contributed by atoms with Gasteiger partial charge in [0.05, 0.1) is 11.8 Å². The number of hydrogen-bond donors (Lipinski definition) is 1. The summed E-state index contributed by atoms with van der Waals surface area (Å²) in [6.45, 7) is 0. The van der Waals surface area contributed by atoms with Crippen LogP contribution in [0.15, 0.2) is 57.8 Å². The number of hydrogen-bond acceptors (Lipinski definition) is 2. The molecule has 0 spiro atoms. The summed E-state index contributed by atoms with van der Waals surface area (Å²) in [6.07, 6.45) is 0. The molecule has 0 bridgehead atoms. The van der Waals surface area contributed by atoms with Crippen molar-refractivity contribution >= 4 is 10.8 Å². The summed E-state index contributed by atoms with van der Waals surface area (Å²) in [5.74, 6) is 0. The number of benzene rings is 2. The van der Waals surface area contributed by atoms with Crippen LogP contribution >= 0.6 is 0 Å². The monoisotopic (exact) mass is 211 g/mol. The van der Waals surface area contributed by atoms with Gasteiger partial charge < -0.3 is 4.52 Å². The van der Waals surface area contributed by atoms with Gasteiger partial charge in [0.2, 0.25) is 0 Å². The average Bonchev–Trinajstić information content (AvgIpc) is 2.75. The first-order chi connectivity index (χ1) is 7.83. The normalized spacial score (nSPS) is 10.8. The van der Waals surface area contributed by atoms with E-state index in [1.54, 1.807) is 0 Å². The molecule has 0 atom stereocenters. The van der Waals surface area contributed by atoms with Gasteiger partial charge >= 0.3 is 5.63 Å². The quantitative estimate of drug-likeness (QED) is 0.672. The van der Waals surface area contributed by atoms with Crippen LogP contribution in [0.4, 0.5) is 0 Å². The van der Waals surface area contributed by atoms with E-state index in [1.807, 2.05) is 36.4 Å². The lowest BCUT2D eigenvalue weighted by Gasteiger charge is -2.00. The van der Waals surface area contributed by atoms with Gasteiger partial charge in [-0.05, 0) is 16.8 Å². The molecule has 0 saturated heterocycles. The van der Waals surface area contributed by atoms with E-state index >= 15 is 0 Å². The lowest BCUT2D eigenvalue weighted by atomic mass is 10.1. The second-order valence-electron chi connectivity index (χ2n) is 3.64. The highest BCUT2D eigenvalue weighted by atomic mass is 16.5. The molecule has 3 nitrogen and oxygen atoms in total. The van der Waals surface area contributed by atoms with Gasteiger partial charge in [-0.1, -0.05) is 36.4 Å². The topological polar surface area (TPSA) is 46.0 Å². The fourth-order valence-corrected chi connectivity index (χ4v) is 1.78. The molecular weight excluding hydrogens is 202 g/mol. The molecule has 2 aromatic carbocycles. The highest BCUT2D eigenvalue weighted by Crippen LogP contribution is 2.21. The van der Waals surface area contributed by atoms with E-state index in [-0.39, 0.29) is 5.63 Å². The van der Waals surface area contributed by atoms with Gasteiger partial charge in [0.15, 0.2) is 0 Å². The van der Waals surface area contributed by atoms with Crippen LogP contribution in [0.5, 0.6) is 0 Å². The molecule has 3 rings (SSSR count). The van der Waals surface area contributed by atoms with Gasteiger partial charge in [-0.15, -0.1) is 0 Å². The third kappa shape index (κ3) is 1.42. The first kappa shape index (κ1) is 8.97. The van der Waals surface area contributed by atoms with Crippen LogP contribution in [-0.4, -0.2) is 5.16 Å². The molecule has 16 heavy (non-hydrogen) atoms. The second-order valence-corrected chi connectivity index (χ2v) is 3.64. The lowest BCUT2D eigenvalue weighted by molar-refractivity contribution is 0.394. The number of nitrogens with one attached hydrogen (secondary N) is 1. The maximum atomic E-state index is 10.9. The molecule has 1 heterocycles. The molecule has 0 radical (unpaired) electrons. The van der Waals surface area contributed by atoms with Gasteiger partial charge in [-0.2, -0.15) is 0 Å². The van der Waals surface area contributed by atoms with Crippen molar-refractivity contribution in [2.75, 3.05) is 0 Å². The van der Waals surface area contributed by atoms with Crippen LogP contribution in [0.25, 0.3) is 22.0 Å². The molecular formula is C13H9NO2. The summed E-state index contributed by atoms with van der Waals surface area (Å²) in [5, 5.41) is 4.92. The molecule has 1 aromatic heterocycles. The van der Waals surface area contributed by atoms with E-state index in [1.165, 1.54) is 11.5 Å². The smallest absolute Gasteiger partial charge is 0.339 e. The van der Waals surface area contributed by atoms with Crippen molar-refractivity contribution in [1.29, 1.82) is 0 Å². The Kier molecular flexibility index (Phi) is 1.90. The Morgan fingerprint density at radius 3 is 2.50 bits per heavy atom. The summed E-state index contributed by atoms with van der Waals surface area (Å²) < 4.78 is 4.65. The summed E-state index contributed by atoms with van der Waals surface area (Å²) in [7, 11) is 0. The van der Waals surface area contributed by atoms with Gasteiger partial charge in [0.1, 0.15) is 0 Å². The lowest BCUT2D eigenvalue weighted by Crippen LogP contribution is -1.85. The molecule has 3 heteroatoms. The van der Waals surface area contributed by atoms with E-state index < -0.39 is 0 Å². The fourth-order valence-electron chi connectivity index (χ4n) is 1.78. The van der Waals surface area contributed by atoms with Gasteiger partial charge in [0, 0.05) is 5.56 Å². The summed E-state index contributed by atoms with van der Waals surface area (Å²) in [5.41, 5.74) is 1.29. The molecule has 0 amide bonds. The van der Waals surface area contributed by atoms with Crippen molar-refractivity contribution in [2.45, 2.75) is 0 Å². The third-order valence-corrected chi connectivity index (χ3v) is 2.58. The standard InChI is InChI=1S/C13H9NO2/c15-13-8-12(14-16-13)11-6-5-9-3-1-2-4-10(9)7-11/h1-8,14H. The van der Waals surface area contributed by atoms with Crippen LogP contribution < -0.4 is 5.63 Å². The minimum Gasteiger partial charge on any atom is -0.339 e. The van der Waals surface area contributed by atoms with Crippen molar-refractivity contribution in [3.05, 3.63) is 59.0 Å². The van der Waals surface area contributed by atoms with Gasteiger partial charge in [0.25, 0.3) is 0 Å². The van der Waals surface area contributed by atoms with Crippen LogP contribution in [0.3, 0.4) is 0 Å². The minimum atomic E-state index is -0.358. The van der Waals surface area contributed by atoms with Crippen molar-refractivity contribution in [3.8, 4) is 11.3 Å². The molecule has 3 aromatic rings. The largest absolute Gasteiger partial charge is 0.357 e. The Labute approximate surface area is 91.3 Å². The molecule has 0 aliphatic carbocycles. The summed E-state index contributed by atoms with van der Waals surface area (Å²) >= 11 is 0. The third-order valence-electron chi connectivity index (χ3n) is 2.58. The molecule has 0 saturated carbocycles. The number of aromatic amines is 1. The van der Waals surface area contributed by atoms with Crippen molar-refractivity contribution in [2.24, 2.45) is 0 Å². The fraction of sp³-hybridized carbons (Fsp3) is 0. The molecule has 78 valence electrons. The summed E-state index contributed by atoms with van der Waals surface area (Å²) in [4.78, 5) is 10.9. The second kappa shape index (κ2) is 3.38. The zero-order valence-corrected chi connectivity index (χ0v) is 8.44. The average molecular weight is 211 g/mol. The van der Waals surface area contributed by atoms with Gasteiger partial charge in [-0.25, -0.2) is 9.95 Å². The Hall–Kier alpha value is -2.29.